The van der Waals surface area contributed by atoms with Crippen molar-refractivity contribution < 1.29 is 18.6 Å². The molecular weight excluding hydrogens is 629 g/mol. The summed E-state index contributed by atoms with van der Waals surface area (Å²) in [6, 6.07) is 19.1. The molecule has 6 nitrogen and oxygen atoms in total. The van der Waals surface area contributed by atoms with Crippen molar-refractivity contribution >= 4 is 0 Å². The first-order chi connectivity index (χ1) is 25.0. The van der Waals surface area contributed by atoms with Gasteiger partial charge in [-0.05, 0) is 58.4 Å². The molecule has 8 rings (SSSR count). The molecule has 0 radical (unpaired) electrons. The first-order valence-corrected chi connectivity index (χ1v) is 19.6. The number of fused-ring (bicyclic) bond motifs is 3. The van der Waals surface area contributed by atoms with Crippen molar-refractivity contribution in [3.8, 4) is 22.6 Å². The van der Waals surface area contributed by atoms with Crippen LogP contribution >= 0.6 is 0 Å². The van der Waals surface area contributed by atoms with Crippen LogP contribution in [0, 0.1) is 0 Å². The number of unbranched alkanes of at least 4 members (excludes halogenated alkanes) is 8. The number of aromatic nitrogens is 4. The summed E-state index contributed by atoms with van der Waals surface area (Å²) in [6.45, 7) is 7.74. The van der Waals surface area contributed by atoms with Crippen LogP contribution in [0.1, 0.15) is 124 Å². The maximum atomic E-state index is 5.93. The first-order valence-electron chi connectivity index (χ1n) is 19.6. The first kappa shape index (κ1) is 35.1. The second-order valence-corrected chi connectivity index (χ2v) is 15.2. The zero-order valence-corrected chi connectivity index (χ0v) is 31.5. The zero-order chi connectivity index (χ0) is 35.2. The molecule has 0 spiro atoms. The van der Waals surface area contributed by atoms with Crippen LogP contribution in [0.15, 0.2) is 86.0 Å². The van der Waals surface area contributed by atoms with E-state index in [2.05, 4.69) is 118 Å². The highest BCUT2D eigenvalue weighted by atomic mass is 16.5. The van der Waals surface area contributed by atoms with Gasteiger partial charge in [0.2, 0.25) is 12.7 Å². The predicted octanol–water partition coefficient (Wildman–Crippen LogP) is 9.38. The van der Waals surface area contributed by atoms with Crippen molar-refractivity contribution in [3.05, 3.63) is 119 Å². The maximum absolute atomic E-state index is 5.93. The minimum atomic E-state index is 0.0536. The molecule has 4 heterocycles. The number of methoxy groups -OCH3 is 2. The van der Waals surface area contributed by atoms with Gasteiger partial charge in [0.1, 0.15) is 62.5 Å². The van der Waals surface area contributed by atoms with Gasteiger partial charge in [-0.3, -0.25) is 0 Å². The van der Waals surface area contributed by atoms with Gasteiger partial charge in [0.05, 0.1) is 14.2 Å². The van der Waals surface area contributed by atoms with Crippen molar-refractivity contribution in [2.24, 2.45) is 0 Å². The van der Waals surface area contributed by atoms with Gasteiger partial charge in [-0.25, -0.2) is 18.3 Å². The van der Waals surface area contributed by atoms with Gasteiger partial charge in [-0.15, -0.1) is 0 Å². The summed E-state index contributed by atoms with van der Waals surface area (Å²) >= 11 is 0. The molecule has 3 aromatic carbocycles. The summed E-state index contributed by atoms with van der Waals surface area (Å²) in [7, 11) is 3.52. The van der Waals surface area contributed by atoms with E-state index < -0.39 is 0 Å². The predicted molar refractivity (Wildman–Crippen MR) is 205 cm³/mol. The van der Waals surface area contributed by atoms with Gasteiger partial charge >= 0.3 is 0 Å². The second kappa shape index (κ2) is 15.9. The van der Waals surface area contributed by atoms with Crippen LogP contribution in [0.2, 0.25) is 0 Å². The fourth-order valence-corrected chi connectivity index (χ4v) is 8.85. The average Bonchev–Trinajstić information content (AvgIpc) is 3.85. The van der Waals surface area contributed by atoms with Crippen molar-refractivity contribution in [1.82, 2.24) is 9.13 Å². The van der Waals surface area contributed by atoms with Crippen LogP contribution < -0.4 is 18.6 Å². The standard InChI is InChI=1S/C45H58N4O2/c1-5-7-9-11-13-19-45(20-14-12-10-8-6-2)41-25-35-15-17-39(41)40-18-16-36(26-42(40)45)30-47-22-24-49(34-47)32-38-27-43(50-3)37(28-44(38)51-4)31-48-23-21-46(29-35)33-48/h15-18,21-28,33-34H,5-14,19-20,29-32H2,1-4H3/q+2. The molecule has 51 heavy (non-hydrogen) atoms. The maximum Gasteiger partial charge on any atom is 0.244 e. The van der Waals surface area contributed by atoms with Gasteiger partial charge in [0, 0.05) is 16.5 Å². The highest BCUT2D eigenvalue weighted by Gasteiger charge is 2.42. The molecule has 2 aromatic heterocycles. The SMILES string of the molecule is CCCCCCCC1(CCCCCCC)c2cc3ccc2-c2ccc(cc21)C[n+]1ccn(c1)Cc1cc(OC)c(cc1OC)Cn1cc[n+](c1)C3. The Morgan fingerprint density at radius 2 is 1.04 bits per heavy atom. The highest BCUT2D eigenvalue weighted by molar-refractivity contribution is 5.81. The molecule has 0 saturated heterocycles. The lowest BCUT2D eigenvalue weighted by Gasteiger charge is -2.33. The lowest BCUT2D eigenvalue weighted by Crippen LogP contribution is -2.32. The van der Waals surface area contributed by atoms with Gasteiger partial charge < -0.3 is 9.47 Å². The zero-order valence-electron chi connectivity index (χ0n) is 31.5. The Bertz CT molecular complexity index is 1790. The van der Waals surface area contributed by atoms with Crippen LogP contribution in [0.4, 0.5) is 0 Å². The Kier molecular flexibility index (Phi) is 11.0. The third-order valence-corrected chi connectivity index (χ3v) is 11.5. The molecule has 0 atom stereocenters. The summed E-state index contributed by atoms with van der Waals surface area (Å²) in [6.07, 6.45) is 28.8. The Balaban J connectivity index is 1.33. The number of ether oxygens (including phenoxy) is 2. The molecule has 0 amide bonds. The van der Waals surface area contributed by atoms with E-state index >= 15 is 0 Å². The molecule has 0 N–H and O–H groups in total. The fraction of sp³-hybridized carbons (Fsp3) is 0.467. The highest BCUT2D eigenvalue weighted by Crippen LogP contribution is 2.54. The van der Waals surface area contributed by atoms with Crippen molar-refractivity contribution in [2.75, 3.05) is 14.2 Å². The molecule has 1 aliphatic carbocycles. The molecule has 0 fully saturated rings. The normalized spacial score (nSPS) is 14.3. The Morgan fingerprint density at radius 1 is 0.588 bits per heavy atom. The second-order valence-electron chi connectivity index (χ2n) is 15.2. The Hall–Kier alpha value is -4.32. The van der Waals surface area contributed by atoms with Crippen molar-refractivity contribution in [3.63, 3.8) is 0 Å². The third-order valence-electron chi connectivity index (χ3n) is 11.5. The molecule has 5 aromatic rings. The molecule has 0 saturated carbocycles. The van der Waals surface area contributed by atoms with Crippen LogP contribution in [0.3, 0.4) is 0 Å². The van der Waals surface area contributed by atoms with Crippen LogP contribution in [0.25, 0.3) is 11.1 Å². The summed E-state index contributed by atoms with van der Waals surface area (Å²) in [5.74, 6) is 1.76. The fourth-order valence-electron chi connectivity index (χ4n) is 8.85. The molecule has 10 bridgehead atoms. The largest absolute Gasteiger partial charge is 0.496 e. The summed E-state index contributed by atoms with van der Waals surface area (Å²) in [5.41, 5.74) is 11.0. The molecule has 2 aliphatic heterocycles. The number of benzene rings is 3. The van der Waals surface area contributed by atoms with Gasteiger partial charge in [-0.1, -0.05) is 114 Å². The number of imidazole rings is 2. The lowest BCUT2D eigenvalue weighted by molar-refractivity contribution is -0.688. The minimum absolute atomic E-state index is 0.0536. The van der Waals surface area contributed by atoms with Crippen LogP contribution in [-0.4, -0.2) is 23.4 Å². The average molecular weight is 687 g/mol. The number of hydrogen-bond donors (Lipinski definition) is 0. The molecule has 6 heteroatoms. The van der Waals surface area contributed by atoms with Crippen molar-refractivity contribution in [2.45, 2.75) is 122 Å². The quantitative estimate of drug-likeness (QED) is 0.0846. The molecule has 268 valence electrons. The van der Waals surface area contributed by atoms with Gasteiger partial charge in [0.25, 0.3) is 0 Å². The van der Waals surface area contributed by atoms with E-state index in [1.165, 1.54) is 99.3 Å². The minimum Gasteiger partial charge on any atom is -0.496 e. The van der Waals surface area contributed by atoms with Crippen LogP contribution in [-0.2, 0) is 31.6 Å². The van der Waals surface area contributed by atoms with Crippen molar-refractivity contribution in [1.29, 1.82) is 0 Å². The molecule has 0 unspecified atom stereocenters. The number of hydrogen-bond acceptors (Lipinski definition) is 2. The van der Waals surface area contributed by atoms with E-state index in [-0.39, 0.29) is 5.41 Å². The van der Waals surface area contributed by atoms with E-state index in [0.717, 1.165) is 35.7 Å². The third kappa shape index (κ3) is 7.52. The van der Waals surface area contributed by atoms with E-state index in [1.807, 2.05) is 0 Å². The van der Waals surface area contributed by atoms with Gasteiger partial charge in [-0.2, -0.15) is 0 Å². The summed E-state index contributed by atoms with van der Waals surface area (Å²) < 4.78 is 21.0. The molecular formula is C45H58N4O2+2. The van der Waals surface area contributed by atoms with E-state index in [4.69, 9.17) is 9.47 Å². The van der Waals surface area contributed by atoms with E-state index in [9.17, 15) is 0 Å². The van der Waals surface area contributed by atoms with Crippen LogP contribution in [0.5, 0.6) is 11.5 Å². The smallest absolute Gasteiger partial charge is 0.244 e. The van der Waals surface area contributed by atoms with E-state index in [1.54, 1.807) is 25.3 Å². The molecule has 3 aliphatic rings. The summed E-state index contributed by atoms with van der Waals surface area (Å²) in [5, 5.41) is 0. The monoisotopic (exact) mass is 686 g/mol. The summed E-state index contributed by atoms with van der Waals surface area (Å²) in [4.78, 5) is 0. The Morgan fingerprint density at radius 3 is 1.47 bits per heavy atom. The number of rotatable bonds is 14. The lowest BCUT2D eigenvalue weighted by atomic mass is 9.70. The van der Waals surface area contributed by atoms with E-state index in [0.29, 0.717) is 13.1 Å². The topological polar surface area (TPSA) is 36.1 Å². The number of nitrogens with zero attached hydrogens (tertiary/aromatic N) is 4. The Labute approximate surface area is 305 Å². The van der Waals surface area contributed by atoms with Gasteiger partial charge in [0.15, 0.2) is 0 Å².